The minimum atomic E-state index is -0.146. The molecule has 170 valence electrons. The van der Waals surface area contributed by atoms with Gasteiger partial charge in [0, 0.05) is 23.6 Å². The average Bonchev–Trinajstić information content (AvgIpc) is 3.40. The molecule has 4 rings (SSSR count). The molecule has 0 aliphatic heterocycles. The summed E-state index contributed by atoms with van der Waals surface area (Å²) in [5.41, 5.74) is 6.74. The molecule has 6 nitrogen and oxygen atoms in total. The van der Waals surface area contributed by atoms with E-state index in [1.165, 1.54) is 41.1 Å². The summed E-state index contributed by atoms with van der Waals surface area (Å²) >= 11 is 9.30. The Morgan fingerprint density at radius 1 is 1.09 bits per heavy atom. The number of halogens is 1. The first-order valence-corrected chi connectivity index (χ1v) is 12.5. The van der Waals surface area contributed by atoms with Gasteiger partial charge in [-0.2, -0.15) is 0 Å². The van der Waals surface area contributed by atoms with Crippen molar-refractivity contribution in [1.29, 1.82) is 0 Å². The predicted molar refractivity (Wildman–Crippen MR) is 135 cm³/mol. The van der Waals surface area contributed by atoms with E-state index in [9.17, 15) is 4.79 Å². The van der Waals surface area contributed by atoms with E-state index < -0.39 is 0 Å². The first-order chi connectivity index (χ1) is 15.7. The number of hydrogen-bond acceptors (Lipinski definition) is 7. The number of anilines is 2. The molecule has 0 N–H and O–H groups in total. The van der Waals surface area contributed by atoms with Crippen molar-refractivity contribution in [3.8, 4) is 11.5 Å². The van der Waals surface area contributed by atoms with Gasteiger partial charge in [-0.15, -0.1) is 21.5 Å². The van der Waals surface area contributed by atoms with Gasteiger partial charge in [0.15, 0.2) is 5.13 Å². The van der Waals surface area contributed by atoms with E-state index in [0.717, 1.165) is 22.4 Å². The smallest absolute Gasteiger partial charge is 0.277 e. The SMILES string of the molecule is CC(=O)N(c1nc(CSc2nnc(-c3ccc(C)c(C)c3)o2)cs1)c1c(C)cc(C)cc1Cl. The highest BCUT2D eigenvalue weighted by Crippen LogP contribution is 2.38. The molecular weight excluding hydrogens is 476 g/mol. The van der Waals surface area contributed by atoms with E-state index in [2.05, 4.69) is 29.0 Å². The van der Waals surface area contributed by atoms with Gasteiger partial charge >= 0.3 is 0 Å². The summed E-state index contributed by atoms with van der Waals surface area (Å²) in [5.74, 6) is 0.886. The molecule has 2 heterocycles. The van der Waals surface area contributed by atoms with Gasteiger partial charge in [-0.1, -0.05) is 35.5 Å². The zero-order valence-corrected chi connectivity index (χ0v) is 21.4. The molecular formula is C24H23ClN4O2S2. The van der Waals surface area contributed by atoms with Crippen molar-refractivity contribution in [3.63, 3.8) is 0 Å². The molecule has 2 aromatic heterocycles. The Labute approximate surface area is 206 Å². The quantitative estimate of drug-likeness (QED) is 0.265. The van der Waals surface area contributed by atoms with Crippen molar-refractivity contribution in [2.45, 2.75) is 45.6 Å². The largest absolute Gasteiger partial charge is 0.411 e. The third-order valence-corrected chi connectivity index (χ3v) is 7.19. The second-order valence-corrected chi connectivity index (χ2v) is 10.0. The number of hydrogen-bond donors (Lipinski definition) is 0. The average molecular weight is 499 g/mol. The van der Waals surface area contributed by atoms with Gasteiger partial charge in [0.25, 0.3) is 5.22 Å². The fourth-order valence-electron chi connectivity index (χ4n) is 3.44. The summed E-state index contributed by atoms with van der Waals surface area (Å²) in [4.78, 5) is 18.7. The molecule has 0 aliphatic carbocycles. The number of benzene rings is 2. The van der Waals surface area contributed by atoms with Gasteiger partial charge in [-0.25, -0.2) is 4.98 Å². The number of rotatable bonds is 6. The molecule has 0 fully saturated rings. The first kappa shape index (κ1) is 23.5. The zero-order valence-electron chi connectivity index (χ0n) is 19.0. The molecule has 0 unspecified atom stereocenters. The van der Waals surface area contributed by atoms with Crippen molar-refractivity contribution in [1.82, 2.24) is 15.2 Å². The molecule has 0 bridgehead atoms. The van der Waals surface area contributed by atoms with Gasteiger partial charge in [0.2, 0.25) is 11.8 Å². The zero-order chi connectivity index (χ0) is 23.7. The summed E-state index contributed by atoms with van der Waals surface area (Å²) in [6.07, 6.45) is 0. The minimum Gasteiger partial charge on any atom is -0.411 e. The normalized spacial score (nSPS) is 11.1. The molecule has 0 radical (unpaired) electrons. The molecule has 9 heteroatoms. The standard InChI is InChI=1S/C24H23ClN4O2S2/c1-13-8-16(4)21(20(25)9-13)29(17(5)30)23-26-19(11-32-23)12-33-24-28-27-22(31-24)18-7-6-14(2)15(3)10-18/h6-11H,12H2,1-5H3. The maximum absolute atomic E-state index is 12.5. The molecule has 4 aromatic rings. The molecule has 0 spiro atoms. The molecule has 0 aliphatic rings. The lowest BCUT2D eigenvalue weighted by molar-refractivity contribution is -0.115. The van der Waals surface area contributed by atoms with Crippen molar-refractivity contribution in [3.05, 3.63) is 68.7 Å². The number of thioether (sulfide) groups is 1. The van der Waals surface area contributed by atoms with Gasteiger partial charge in [-0.3, -0.25) is 9.69 Å². The van der Waals surface area contributed by atoms with Crippen LogP contribution in [0.5, 0.6) is 0 Å². The molecule has 33 heavy (non-hydrogen) atoms. The van der Waals surface area contributed by atoms with Crippen molar-refractivity contribution in [2.24, 2.45) is 0 Å². The Hall–Kier alpha value is -2.68. The van der Waals surface area contributed by atoms with E-state index in [4.69, 9.17) is 16.0 Å². The van der Waals surface area contributed by atoms with E-state index >= 15 is 0 Å². The van der Waals surface area contributed by atoms with Crippen LogP contribution in [0.15, 0.2) is 45.4 Å². The molecule has 0 saturated carbocycles. The fraction of sp³-hybridized carbons (Fsp3) is 0.250. The predicted octanol–water partition coefficient (Wildman–Crippen LogP) is 7.06. The molecule has 2 aromatic carbocycles. The maximum Gasteiger partial charge on any atom is 0.277 e. The van der Waals surface area contributed by atoms with Crippen LogP contribution in [0, 0.1) is 27.7 Å². The Morgan fingerprint density at radius 2 is 1.88 bits per heavy atom. The summed E-state index contributed by atoms with van der Waals surface area (Å²) in [7, 11) is 0. The lowest BCUT2D eigenvalue weighted by Crippen LogP contribution is -2.24. The van der Waals surface area contributed by atoms with Crippen LogP contribution in [-0.2, 0) is 10.5 Å². The van der Waals surface area contributed by atoms with Gasteiger partial charge in [0.05, 0.1) is 16.4 Å². The van der Waals surface area contributed by atoms with Crippen molar-refractivity contribution < 1.29 is 9.21 Å². The highest BCUT2D eigenvalue weighted by Gasteiger charge is 2.23. The number of aryl methyl sites for hydroxylation is 4. The van der Waals surface area contributed by atoms with Gasteiger partial charge < -0.3 is 4.42 Å². The second kappa shape index (κ2) is 9.67. The van der Waals surface area contributed by atoms with Crippen LogP contribution in [0.2, 0.25) is 5.02 Å². The third kappa shape index (κ3) is 5.13. The van der Waals surface area contributed by atoms with Crippen LogP contribution in [0.25, 0.3) is 11.5 Å². The summed E-state index contributed by atoms with van der Waals surface area (Å²) in [6.45, 7) is 9.55. The molecule has 0 atom stereocenters. The molecule has 0 saturated heterocycles. The van der Waals surface area contributed by atoms with Crippen molar-refractivity contribution in [2.75, 3.05) is 4.90 Å². The lowest BCUT2D eigenvalue weighted by atomic mass is 10.1. The number of carbonyl (C=O) groups excluding carboxylic acids is 1. The van der Waals surface area contributed by atoms with Crippen LogP contribution in [-0.4, -0.2) is 21.1 Å². The highest BCUT2D eigenvalue weighted by atomic mass is 35.5. The van der Waals surface area contributed by atoms with Crippen LogP contribution in [0.3, 0.4) is 0 Å². The van der Waals surface area contributed by atoms with Crippen LogP contribution < -0.4 is 4.90 Å². The van der Waals surface area contributed by atoms with E-state index in [1.54, 1.807) is 4.90 Å². The number of amides is 1. The third-order valence-electron chi connectivity index (χ3n) is 5.17. The first-order valence-electron chi connectivity index (χ1n) is 10.3. The summed E-state index contributed by atoms with van der Waals surface area (Å²) in [6, 6.07) is 9.92. The second-order valence-electron chi connectivity index (χ2n) is 7.85. The summed E-state index contributed by atoms with van der Waals surface area (Å²) in [5, 5.41) is 11.8. The maximum atomic E-state index is 12.5. The Balaban J connectivity index is 1.50. The van der Waals surface area contributed by atoms with E-state index in [1.807, 2.05) is 49.6 Å². The minimum absolute atomic E-state index is 0.146. The van der Waals surface area contributed by atoms with Crippen LogP contribution in [0.1, 0.15) is 34.9 Å². The van der Waals surface area contributed by atoms with E-state index in [0.29, 0.717) is 32.7 Å². The lowest BCUT2D eigenvalue weighted by Gasteiger charge is -2.22. The fourth-order valence-corrected chi connectivity index (χ4v) is 5.48. The van der Waals surface area contributed by atoms with Crippen LogP contribution >= 0.6 is 34.7 Å². The number of aromatic nitrogens is 3. The van der Waals surface area contributed by atoms with Gasteiger partial charge in [-0.05, 0) is 68.1 Å². The summed E-state index contributed by atoms with van der Waals surface area (Å²) < 4.78 is 5.83. The van der Waals surface area contributed by atoms with E-state index in [-0.39, 0.29) is 5.91 Å². The molecule has 1 amide bonds. The van der Waals surface area contributed by atoms with Crippen LogP contribution in [0.4, 0.5) is 10.8 Å². The number of thiazole rings is 1. The van der Waals surface area contributed by atoms with Crippen molar-refractivity contribution >= 4 is 51.4 Å². The highest BCUT2D eigenvalue weighted by molar-refractivity contribution is 7.98. The number of nitrogens with zero attached hydrogens (tertiary/aromatic N) is 4. The monoisotopic (exact) mass is 498 g/mol. The topological polar surface area (TPSA) is 72.1 Å². The van der Waals surface area contributed by atoms with Gasteiger partial charge in [0.1, 0.15) is 0 Å². The Kier molecular flexibility index (Phi) is 6.88. The Morgan fingerprint density at radius 3 is 2.58 bits per heavy atom. The number of carbonyl (C=O) groups is 1. The Bertz CT molecular complexity index is 1310.